The molecular formula is C29H19F6N5O2S. The van der Waals surface area contributed by atoms with Crippen molar-refractivity contribution in [2.45, 2.75) is 31.1 Å². The quantitative estimate of drug-likeness (QED) is 0.162. The molecule has 5 aromatic rings. The molecule has 1 atom stereocenters. The average molecular weight is 616 g/mol. The van der Waals surface area contributed by atoms with Crippen LogP contribution in [0.1, 0.15) is 38.6 Å². The number of ether oxygens (including phenoxy) is 1. The normalized spacial score (nSPS) is 12.9. The van der Waals surface area contributed by atoms with Gasteiger partial charge in [-0.25, -0.2) is 22.2 Å². The molecule has 2 aromatic carbocycles. The third-order valence-electron chi connectivity index (χ3n) is 6.25. The lowest BCUT2D eigenvalue weighted by molar-refractivity contribution is -0.207. The van der Waals surface area contributed by atoms with Gasteiger partial charge in [-0.1, -0.05) is 11.8 Å². The fourth-order valence-corrected chi connectivity index (χ4v) is 4.84. The van der Waals surface area contributed by atoms with Crippen molar-refractivity contribution in [3.63, 3.8) is 0 Å². The summed E-state index contributed by atoms with van der Waals surface area (Å²) in [7, 11) is 0. The van der Waals surface area contributed by atoms with E-state index in [2.05, 4.69) is 32.4 Å². The molecule has 3 aromatic heterocycles. The summed E-state index contributed by atoms with van der Waals surface area (Å²) in [4.78, 5) is 4.39. The van der Waals surface area contributed by atoms with E-state index in [1.54, 1.807) is 30.3 Å². The second kappa shape index (κ2) is 12.2. The van der Waals surface area contributed by atoms with Crippen molar-refractivity contribution < 1.29 is 36.2 Å². The van der Waals surface area contributed by atoms with E-state index >= 15 is 8.78 Å². The molecule has 0 radical (unpaired) electrons. The van der Waals surface area contributed by atoms with Crippen LogP contribution in [0.4, 0.5) is 26.3 Å². The van der Waals surface area contributed by atoms with Crippen molar-refractivity contribution in [1.82, 2.24) is 25.2 Å². The molecule has 0 aliphatic heterocycles. The van der Waals surface area contributed by atoms with Crippen LogP contribution >= 0.6 is 11.3 Å². The molecule has 0 amide bonds. The molecule has 3 heterocycles. The number of halogens is 6. The zero-order chi connectivity index (χ0) is 30.6. The smallest absolute Gasteiger partial charge is 0.323 e. The van der Waals surface area contributed by atoms with Crippen LogP contribution in [0.15, 0.2) is 79.3 Å². The highest BCUT2D eigenvalue weighted by atomic mass is 32.1. The first kappa shape index (κ1) is 29.7. The van der Waals surface area contributed by atoms with E-state index in [0.717, 1.165) is 46.7 Å². The van der Waals surface area contributed by atoms with Crippen LogP contribution in [0, 0.1) is 23.5 Å². The molecule has 0 saturated heterocycles. The number of aliphatic hydroxyl groups is 1. The number of tetrazole rings is 1. The zero-order valence-electron chi connectivity index (χ0n) is 21.8. The van der Waals surface area contributed by atoms with Crippen molar-refractivity contribution in [3.05, 3.63) is 123 Å². The van der Waals surface area contributed by atoms with Gasteiger partial charge in [-0.2, -0.15) is 8.78 Å². The van der Waals surface area contributed by atoms with E-state index in [0.29, 0.717) is 22.3 Å². The van der Waals surface area contributed by atoms with Gasteiger partial charge in [-0.3, -0.25) is 4.98 Å². The molecule has 1 unspecified atom stereocenters. The zero-order valence-corrected chi connectivity index (χ0v) is 22.6. The van der Waals surface area contributed by atoms with Gasteiger partial charge >= 0.3 is 5.92 Å². The van der Waals surface area contributed by atoms with Crippen molar-refractivity contribution >= 4 is 11.3 Å². The molecule has 0 spiro atoms. The number of rotatable bonds is 9. The standard InChI is InChI=1S/C29H19F6N5O2S/c30-20-6-10-23(24(31)13-20)28(41,16-40-17-37-38-39-40)29(34,35)26-12-5-19(14-36-26)2-1-18-3-7-21(8-4-18)42-15-22-9-11-25(43-22)27(32)33/h3-14,17,27,41H,15-16H2. The molecule has 0 bridgehead atoms. The Kier molecular flexibility index (Phi) is 8.47. The Morgan fingerprint density at radius 2 is 1.70 bits per heavy atom. The van der Waals surface area contributed by atoms with Gasteiger partial charge in [0.15, 0.2) is 5.60 Å². The monoisotopic (exact) mass is 615 g/mol. The summed E-state index contributed by atoms with van der Waals surface area (Å²) in [6.45, 7) is -0.841. The minimum Gasteiger partial charge on any atom is -0.488 e. The van der Waals surface area contributed by atoms with E-state index in [9.17, 15) is 22.7 Å². The number of benzene rings is 2. The van der Waals surface area contributed by atoms with E-state index < -0.39 is 47.4 Å². The lowest BCUT2D eigenvalue weighted by Gasteiger charge is -2.35. The van der Waals surface area contributed by atoms with Crippen LogP contribution in [0.2, 0.25) is 0 Å². The Labute approximate surface area is 244 Å². The lowest BCUT2D eigenvalue weighted by Crippen LogP contribution is -2.48. The van der Waals surface area contributed by atoms with Crippen molar-refractivity contribution in [3.8, 4) is 17.6 Å². The van der Waals surface area contributed by atoms with Gasteiger partial charge in [0.05, 0.1) is 11.4 Å². The first-order valence-electron chi connectivity index (χ1n) is 12.4. The summed E-state index contributed by atoms with van der Waals surface area (Å²) < 4.78 is 91.8. The summed E-state index contributed by atoms with van der Waals surface area (Å²) in [5, 5.41) is 21.4. The Morgan fingerprint density at radius 3 is 2.33 bits per heavy atom. The number of alkyl halides is 4. The molecule has 14 heteroatoms. The van der Waals surface area contributed by atoms with Gasteiger partial charge in [0.25, 0.3) is 6.43 Å². The molecule has 0 saturated carbocycles. The van der Waals surface area contributed by atoms with Gasteiger partial charge in [-0.15, -0.1) is 16.4 Å². The number of thiophene rings is 1. The minimum absolute atomic E-state index is 0.0303. The van der Waals surface area contributed by atoms with Crippen LogP contribution in [0.3, 0.4) is 0 Å². The first-order valence-corrected chi connectivity index (χ1v) is 13.2. The highest BCUT2D eigenvalue weighted by Crippen LogP contribution is 2.46. The molecule has 5 rings (SSSR count). The van der Waals surface area contributed by atoms with Gasteiger partial charge < -0.3 is 9.84 Å². The van der Waals surface area contributed by atoms with Gasteiger partial charge in [-0.05, 0) is 71.1 Å². The summed E-state index contributed by atoms with van der Waals surface area (Å²) in [6.07, 6.45) is -0.500. The number of pyridine rings is 1. The summed E-state index contributed by atoms with van der Waals surface area (Å²) in [5.74, 6) is -0.443. The van der Waals surface area contributed by atoms with E-state index in [1.807, 2.05) is 0 Å². The SMILES string of the molecule is OC(Cn1cnnn1)(c1ccc(F)cc1F)C(F)(F)c1ccc(C#Cc2ccc(OCc3ccc(C(F)F)s3)cc2)cn1. The van der Waals surface area contributed by atoms with E-state index in [1.165, 1.54) is 12.1 Å². The highest BCUT2D eigenvalue weighted by molar-refractivity contribution is 7.12. The molecule has 43 heavy (non-hydrogen) atoms. The Bertz CT molecular complexity index is 1750. The molecule has 0 aliphatic rings. The maximum Gasteiger partial charge on any atom is 0.323 e. The van der Waals surface area contributed by atoms with Gasteiger partial charge in [0.2, 0.25) is 0 Å². The largest absolute Gasteiger partial charge is 0.488 e. The molecule has 0 aliphatic carbocycles. The van der Waals surface area contributed by atoms with Crippen LogP contribution in [0.25, 0.3) is 0 Å². The van der Waals surface area contributed by atoms with Crippen molar-refractivity contribution in [2.24, 2.45) is 0 Å². The molecular weight excluding hydrogens is 596 g/mol. The lowest BCUT2D eigenvalue weighted by atomic mass is 9.84. The average Bonchev–Trinajstić information content (AvgIpc) is 3.68. The molecule has 1 N–H and O–H groups in total. The number of hydrogen-bond acceptors (Lipinski definition) is 7. The Balaban J connectivity index is 1.31. The Hall–Kier alpha value is -4.74. The van der Waals surface area contributed by atoms with E-state index in [4.69, 9.17) is 4.74 Å². The third-order valence-corrected chi connectivity index (χ3v) is 7.31. The molecule has 220 valence electrons. The predicted molar refractivity (Wildman–Crippen MR) is 142 cm³/mol. The number of aromatic nitrogens is 5. The highest BCUT2D eigenvalue weighted by Gasteiger charge is 2.58. The topological polar surface area (TPSA) is 86.0 Å². The maximum atomic E-state index is 15.9. The van der Waals surface area contributed by atoms with E-state index in [-0.39, 0.29) is 17.0 Å². The van der Waals surface area contributed by atoms with Gasteiger partial charge in [0.1, 0.15) is 36.0 Å². The fraction of sp³-hybridized carbons (Fsp3) is 0.172. The minimum atomic E-state index is -4.19. The number of hydrogen-bond donors (Lipinski definition) is 1. The maximum absolute atomic E-state index is 15.9. The molecule has 0 fully saturated rings. The second-order valence-electron chi connectivity index (χ2n) is 9.17. The van der Waals surface area contributed by atoms with Crippen LogP contribution in [-0.2, 0) is 24.7 Å². The summed E-state index contributed by atoms with van der Waals surface area (Å²) >= 11 is 0.970. The number of nitrogens with zero attached hydrogens (tertiary/aromatic N) is 5. The van der Waals surface area contributed by atoms with Crippen molar-refractivity contribution in [2.75, 3.05) is 0 Å². The van der Waals surface area contributed by atoms with Crippen LogP contribution in [-0.4, -0.2) is 30.3 Å². The fourth-order valence-electron chi connectivity index (χ4n) is 4.05. The first-order chi connectivity index (χ1) is 20.5. The predicted octanol–water partition coefficient (Wildman–Crippen LogP) is 6.00. The third kappa shape index (κ3) is 6.52. The molecule has 7 nitrogen and oxygen atoms in total. The second-order valence-corrected chi connectivity index (χ2v) is 10.4. The van der Waals surface area contributed by atoms with Crippen LogP contribution in [0.5, 0.6) is 5.75 Å². The van der Waals surface area contributed by atoms with Crippen molar-refractivity contribution in [1.29, 1.82) is 0 Å². The van der Waals surface area contributed by atoms with Crippen LogP contribution < -0.4 is 4.74 Å². The summed E-state index contributed by atoms with van der Waals surface area (Å²) in [6, 6.07) is 13.6. The van der Waals surface area contributed by atoms with Gasteiger partial charge in [0, 0.05) is 33.8 Å². The Morgan fingerprint density at radius 1 is 0.953 bits per heavy atom. The summed E-state index contributed by atoms with van der Waals surface area (Å²) in [5.41, 5.74) is -4.19.